The van der Waals surface area contributed by atoms with Crippen molar-refractivity contribution in [2.75, 3.05) is 0 Å². The van der Waals surface area contributed by atoms with Crippen LogP contribution >= 0.6 is 0 Å². The van der Waals surface area contributed by atoms with Gasteiger partial charge in [0.1, 0.15) is 5.60 Å². The largest absolute Gasteiger partial charge is 0.444 e. The van der Waals surface area contributed by atoms with Gasteiger partial charge in [-0.05, 0) is 40.5 Å². The first-order valence-electron chi connectivity index (χ1n) is 5.37. The summed E-state index contributed by atoms with van der Waals surface area (Å²) in [4.78, 5) is 22.7. The second-order valence-electron chi connectivity index (χ2n) is 4.68. The van der Waals surface area contributed by atoms with Gasteiger partial charge in [-0.25, -0.2) is 4.79 Å². The number of carbonyl (C=O) groups is 2. The fraction of sp³-hybridized carbons (Fsp3) is 0.667. The molecule has 0 spiro atoms. The van der Waals surface area contributed by atoms with E-state index in [4.69, 9.17) is 4.74 Å². The van der Waals surface area contributed by atoms with Crippen LogP contribution in [0, 0.1) is 0 Å². The van der Waals surface area contributed by atoms with Crippen LogP contribution in [-0.4, -0.2) is 23.5 Å². The first-order chi connectivity index (χ1) is 7.26. The Balaban J connectivity index is 4.23. The van der Waals surface area contributed by atoms with Gasteiger partial charge in [-0.15, -0.1) is 6.58 Å². The number of carbonyl (C=O) groups excluding carboxylic acids is 2. The molecule has 0 aliphatic rings. The second kappa shape index (κ2) is 6.30. The Morgan fingerprint density at radius 2 is 2.00 bits per heavy atom. The van der Waals surface area contributed by atoms with Crippen LogP contribution in [-0.2, 0) is 9.53 Å². The summed E-state index contributed by atoms with van der Waals surface area (Å²) < 4.78 is 5.07. The highest BCUT2D eigenvalue weighted by molar-refractivity contribution is 5.85. The van der Waals surface area contributed by atoms with E-state index < -0.39 is 17.7 Å². The molecule has 0 aliphatic heterocycles. The molecule has 0 aliphatic carbocycles. The lowest BCUT2D eigenvalue weighted by atomic mass is 10.1. The fourth-order valence-corrected chi connectivity index (χ4v) is 1.11. The van der Waals surface area contributed by atoms with E-state index in [2.05, 4.69) is 11.9 Å². The minimum atomic E-state index is -0.559. The number of amides is 1. The molecule has 4 heteroatoms. The molecule has 16 heavy (non-hydrogen) atoms. The number of allylic oxidation sites excluding steroid dienone is 1. The Hall–Kier alpha value is -1.32. The lowest BCUT2D eigenvalue weighted by molar-refractivity contribution is -0.119. The van der Waals surface area contributed by atoms with E-state index >= 15 is 0 Å². The lowest BCUT2D eigenvalue weighted by Gasteiger charge is -2.22. The molecule has 0 heterocycles. The Morgan fingerprint density at radius 3 is 2.38 bits per heavy atom. The normalized spacial score (nSPS) is 12.8. The quantitative estimate of drug-likeness (QED) is 0.734. The monoisotopic (exact) mass is 227 g/mol. The molecule has 0 aromatic carbocycles. The number of ether oxygens (including phenoxy) is 1. The van der Waals surface area contributed by atoms with Crippen LogP contribution in [0.1, 0.15) is 40.5 Å². The Kier molecular flexibility index (Phi) is 5.78. The molecule has 0 aromatic rings. The molecule has 0 saturated carbocycles. The molecule has 0 rings (SSSR count). The Labute approximate surface area is 97.1 Å². The minimum absolute atomic E-state index is 0.0762. The molecule has 0 radical (unpaired) electrons. The predicted octanol–water partition coefficient (Wildman–Crippen LogP) is 2.43. The van der Waals surface area contributed by atoms with Crippen LogP contribution in [0.25, 0.3) is 0 Å². The Morgan fingerprint density at radius 1 is 1.44 bits per heavy atom. The van der Waals surface area contributed by atoms with Gasteiger partial charge in [-0.3, -0.25) is 4.79 Å². The first-order valence-corrected chi connectivity index (χ1v) is 5.37. The summed E-state index contributed by atoms with van der Waals surface area (Å²) >= 11 is 0. The van der Waals surface area contributed by atoms with Gasteiger partial charge in [0.05, 0.1) is 6.04 Å². The third-order valence-electron chi connectivity index (χ3n) is 1.84. The van der Waals surface area contributed by atoms with Crippen molar-refractivity contribution >= 4 is 11.9 Å². The van der Waals surface area contributed by atoms with Crippen LogP contribution in [0.4, 0.5) is 4.79 Å². The van der Waals surface area contributed by atoms with E-state index in [1.165, 1.54) is 6.92 Å². The van der Waals surface area contributed by atoms with Gasteiger partial charge >= 0.3 is 6.09 Å². The van der Waals surface area contributed by atoms with E-state index in [0.717, 1.165) is 0 Å². The predicted molar refractivity (Wildman–Crippen MR) is 63.3 cm³/mol. The topological polar surface area (TPSA) is 55.4 Å². The zero-order chi connectivity index (χ0) is 12.8. The van der Waals surface area contributed by atoms with E-state index in [1.807, 2.05) is 0 Å². The van der Waals surface area contributed by atoms with Crippen molar-refractivity contribution in [1.82, 2.24) is 5.32 Å². The number of nitrogens with one attached hydrogen (secondary N) is 1. The third kappa shape index (κ3) is 7.04. The number of alkyl carbamates (subject to hydrolysis) is 1. The van der Waals surface area contributed by atoms with Gasteiger partial charge in [-0.1, -0.05) is 6.08 Å². The standard InChI is InChI=1S/C12H21NO3/c1-6-7-8-10(9(2)14)13-11(15)16-12(3,4)5/h6,10H,1,7-8H2,2-5H3,(H,13,15)/t10-/m0/s1. The van der Waals surface area contributed by atoms with Gasteiger partial charge in [0.25, 0.3) is 0 Å². The molecular weight excluding hydrogens is 206 g/mol. The summed E-state index contributed by atoms with van der Waals surface area (Å²) in [5.41, 5.74) is -0.552. The molecule has 1 amide bonds. The van der Waals surface area contributed by atoms with Crippen LogP contribution in [0.3, 0.4) is 0 Å². The maximum absolute atomic E-state index is 11.4. The second-order valence-corrected chi connectivity index (χ2v) is 4.68. The molecule has 1 N–H and O–H groups in total. The SMILES string of the molecule is C=CCC[C@H](NC(=O)OC(C)(C)C)C(C)=O. The first kappa shape index (κ1) is 14.7. The van der Waals surface area contributed by atoms with Crippen molar-refractivity contribution in [2.45, 2.75) is 52.2 Å². The Bertz CT molecular complexity index is 266. The summed E-state index contributed by atoms with van der Waals surface area (Å²) in [6.45, 7) is 10.4. The number of ketones is 1. The van der Waals surface area contributed by atoms with Gasteiger partial charge in [-0.2, -0.15) is 0 Å². The maximum atomic E-state index is 11.4. The van der Waals surface area contributed by atoms with E-state index in [9.17, 15) is 9.59 Å². The van der Waals surface area contributed by atoms with Gasteiger partial charge in [0, 0.05) is 0 Å². The molecule has 0 saturated heterocycles. The zero-order valence-corrected chi connectivity index (χ0v) is 10.5. The highest BCUT2D eigenvalue weighted by Crippen LogP contribution is 2.08. The summed E-state index contributed by atoms with van der Waals surface area (Å²) in [6.07, 6.45) is 2.39. The lowest BCUT2D eigenvalue weighted by Crippen LogP contribution is -2.42. The van der Waals surface area contributed by atoms with Crippen molar-refractivity contribution in [2.24, 2.45) is 0 Å². The average Bonchev–Trinajstić information content (AvgIpc) is 2.08. The van der Waals surface area contributed by atoms with Crippen molar-refractivity contribution in [1.29, 1.82) is 0 Å². The molecule has 0 fully saturated rings. The smallest absolute Gasteiger partial charge is 0.408 e. The van der Waals surface area contributed by atoms with Crippen LogP contribution in [0.5, 0.6) is 0 Å². The fourth-order valence-electron chi connectivity index (χ4n) is 1.11. The van der Waals surface area contributed by atoms with Gasteiger partial charge in [0.15, 0.2) is 5.78 Å². The minimum Gasteiger partial charge on any atom is -0.444 e. The molecule has 0 unspecified atom stereocenters. The third-order valence-corrected chi connectivity index (χ3v) is 1.84. The van der Waals surface area contributed by atoms with Crippen molar-refractivity contribution in [3.05, 3.63) is 12.7 Å². The molecule has 4 nitrogen and oxygen atoms in total. The van der Waals surface area contributed by atoms with Crippen molar-refractivity contribution in [3.8, 4) is 0 Å². The van der Waals surface area contributed by atoms with E-state index in [0.29, 0.717) is 12.8 Å². The van der Waals surface area contributed by atoms with Crippen molar-refractivity contribution < 1.29 is 14.3 Å². The summed E-state index contributed by atoms with van der Waals surface area (Å²) in [5, 5.41) is 2.55. The number of hydrogen-bond donors (Lipinski definition) is 1. The highest BCUT2D eigenvalue weighted by Gasteiger charge is 2.21. The number of hydrogen-bond acceptors (Lipinski definition) is 3. The molecule has 1 atom stereocenters. The molecule has 0 bridgehead atoms. The maximum Gasteiger partial charge on any atom is 0.408 e. The molecular formula is C12H21NO3. The van der Waals surface area contributed by atoms with Gasteiger partial charge < -0.3 is 10.1 Å². The molecule has 0 aromatic heterocycles. The average molecular weight is 227 g/mol. The molecule has 92 valence electrons. The van der Waals surface area contributed by atoms with Crippen LogP contribution in [0.2, 0.25) is 0 Å². The van der Waals surface area contributed by atoms with Crippen molar-refractivity contribution in [3.63, 3.8) is 0 Å². The number of rotatable bonds is 5. The van der Waals surface area contributed by atoms with E-state index in [-0.39, 0.29) is 5.78 Å². The summed E-state index contributed by atoms with van der Waals surface area (Å²) in [6, 6.07) is -0.493. The van der Waals surface area contributed by atoms with Gasteiger partial charge in [0.2, 0.25) is 0 Å². The number of Topliss-reactive ketones (excluding diaryl/α,β-unsaturated/α-hetero) is 1. The summed E-state index contributed by atoms with van der Waals surface area (Å²) in [5.74, 6) is -0.0762. The highest BCUT2D eigenvalue weighted by atomic mass is 16.6. The summed E-state index contributed by atoms with van der Waals surface area (Å²) in [7, 11) is 0. The van der Waals surface area contributed by atoms with Crippen LogP contribution < -0.4 is 5.32 Å². The van der Waals surface area contributed by atoms with E-state index in [1.54, 1.807) is 26.8 Å². The van der Waals surface area contributed by atoms with Crippen LogP contribution in [0.15, 0.2) is 12.7 Å². The zero-order valence-electron chi connectivity index (χ0n) is 10.5.